The second-order valence-electron chi connectivity index (χ2n) is 3.56. The zero-order chi connectivity index (χ0) is 12.6. The number of benzene rings is 1. The first kappa shape index (κ1) is 11.1. The van der Waals surface area contributed by atoms with Crippen LogP contribution in [0.25, 0.3) is 11.1 Å². The van der Waals surface area contributed by atoms with Gasteiger partial charge in [-0.1, -0.05) is 5.16 Å². The Kier molecular flexibility index (Phi) is 2.55. The molecule has 1 heterocycles. The van der Waals surface area contributed by atoms with Crippen LogP contribution in [-0.4, -0.2) is 16.2 Å². The summed E-state index contributed by atoms with van der Waals surface area (Å²) in [5, 5.41) is 12.3. The molecule has 0 fully saturated rings. The van der Waals surface area contributed by atoms with Gasteiger partial charge >= 0.3 is 5.97 Å². The third-order valence-corrected chi connectivity index (χ3v) is 2.43. The van der Waals surface area contributed by atoms with Crippen LogP contribution in [-0.2, 0) is 0 Å². The molecule has 5 nitrogen and oxygen atoms in total. The topological polar surface area (TPSA) is 89.3 Å². The fraction of sp³-hybridized carbons (Fsp3) is 0.0909. The molecule has 17 heavy (non-hydrogen) atoms. The van der Waals surface area contributed by atoms with Crippen molar-refractivity contribution in [1.82, 2.24) is 5.16 Å². The molecule has 0 unspecified atom stereocenters. The largest absolute Gasteiger partial charge is 0.478 e. The van der Waals surface area contributed by atoms with Crippen molar-refractivity contribution >= 4 is 11.9 Å². The van der Waals surface area contributed by atoms with E-state index >= 15 is 0 Å². The van der Waals surface area contributed by atoms with Gasteiger partial charge < -0.3 is 15.4 Å². The second-order valence-corrected chi connectivity index (χ2v) is 3.56. The van der Waals surface area contributed by atoms with Crippen molar-refractivity contribution < 1.29 is 18.8 Å². The second kappa shape index (κ2) is 3.89. The quantitative estimate of drug-likeness (QED) is 0.833. The monoisotopic (exact) mass is 236 g/mol. The van der Waals surface area contributed by atoms with Crippen LogP contribution in [0.15, 0.2) is 22.9 Å². The molecule has 6 heteroatoms. The minimum Gasteiger partial charge on any atom is -0.478 e. The Morgan fingerprint density at radius 2 is 2.18 bits per heavy atom. The number of anilines is 1. The minimum absolute atomic E-state index is 0.0658. The molecule has 0 aliphatic rings. The van der Waals surface area contributed by atoms with Crippen LogP contribution < -0.4 is 5.73 Å². The molecule has 0 saturated heterocycles. The lowest BCUT2D eigenvalue weighted by Crippen LogP contribution is -2.02. The van der Waals surface area contributed by atoms with E-state index in [4.69, 9.17) is 15.4 Å². The van der Waals surface area contributed by atoms with Crippen LogP contribution in [0.4, 0.5) is 10.3 Å². The molecule has 0 aliphatic heterocycles. The third kappa shape index (κ3) is 1.84. The molecular weight excluding hydrogens is 227 g/mol. The number of nitrogens with zero attached hydrogens (tertiary/aromatic N) is 1. The van der Waals surface area contributed by atoms with Gasteiger partial charge in [-0.05, 0) is 30.2 Å². The van der Waals surface area contributed by atoms with Crippen LogP contribution in [0.1, 0.15) is 15.9 Å². The molecule has 2 aromatic rings. The highest BCUT2D eigenvalue weighted by Gasteiger charge is 2.17. The predicted molar refractivity (Wildman–Crippen MR) is 58.0 cm³/mol. The predicted octanol–water partition coefficient (Wildman–Crippen LogP) is 2.07. The number of nitrogen functional groups attached to an aromatic ring is 1. The van der Waals surface area contributed by atoms with Gasteiger partial charge in [-0.3, -0.25) is 0 Å². The summed E-state index contributed by atoms with van der Waals surface area (Å²) >= 11 is 0. The van der Waals surface area contributed by atoms with E-state index in [0.717, 1.165) is 6.07 Å². The first-order valence-electron chi connectivity index (χ1n) is 4.74. The van der Waals surface area contributed by atoms with E-state index in [2.05, 4.69) is 5.16 Å². The molecule has 0 spiro atoms. The van der Waals surface area contributed by atoms with E-state index in [1.165, 1.54) is 12.3 Å². The standard InChI is InChI=1S/C11H9FN2O3/c1-5-2-9(12)7(11(15)16)3-6(5)8-4-14-17-10(8)13/h2-4H,13H2,1H3,(H,15,16). The van der Waals surface area contributed by atoms with E-state index in [-0.39, 0.29) is 5.88 Å². The smallest absolute Gasteiger partial charge is 0.338 e. The van der Waals surface area contributed by atoms with Crippen LogP contribution in [0, 0.1) is 12.7 Å². The molecule has 0 bridgehead atoms. The third-order valence-electron chi connectivity index (χ3n) is 2.43. The highest BCUT2D eigenvalue weighted by Crippen LogP contribution is 2.30. The number of hydrogen-bond acceptors (Lipinski definition) is 4. The molecule has 2 rings (SSSR count). The number of hydrogen-bond donors (Lipinski definition) is 2. The van der Waals surface area contributed by atoms with Crippen molar-refractivity contribution in [3.8, 4) is 11.1 Å². The zero-order valence-electron chi connectivity index (χ0n) is 8.90. The van der Waals surface area contributed by atoms with E-state index < -0.39 is 17.3 Å². The highest BCUT2D eigenvalue weighted by atomic mass is 19.1. The lowest BCUT2D eigenvalue weighted by atomic mass is 9.99. The maximum atomic E-state index is 13.4. The summed E-state index contributed by atoms with van der Waals surface area (Å²) in [7, 11) is 0. The molecule has 0 aliphatic carbocycles. The lowest BCUT2D eigenvalue weighted by Gasteiger charge is -2.06. The fourth-order valence-corrected chi connectivity index (χ4v) is 1.58. The number of carbonyl (C=O) groups is 1. The van der Waals surface area contributed by atoms with Gasteiger partial charge in [0, 0.05) is 0 Å². The summed E-state index contributed by atoms with van der Waals surface area (Å²) in [5.41, 5.74) is 6.62. The Labute approximate surface area is 95.6 Å². The first-order valence-corrected chi connectivity index (χ1v) is 4.74. The lowest BCUT2D eigenvalue weighted by molar-refractivity contribution is 0.0692. The molecule has 0 saturated carbocycles. The van der Waals surface area contributed by atoms with Crippen LogP contribution in [0.2, 0.25) is 0 Å². The number of nitrogens with two attached hydrogens (primary N) is 1. The SMILES string of the molecule is Cc1cc(F)c(C(=O)O)cc1-c1cnoc1N. The molecule has 1 aromatic carbocycles. The van der Waals surface area contributed by atoms with Gasteiger partial charge in [0.25, 0.3) is 0 Å². The van der Waals surface area contributed by atoms with E-state index in [1.807, 2.05) is 0 Å². The molecule has 1 aromatic heterocycles. The van der Waals surface area contributed by atoms with Gasteiger partial charge in [-0.25, -0.2) is 9.18 Å². The summed E-state index contributed by atoms with van der Waals surface area (Å²) in [6.45, 7) is 1.65. The van der Waals surface area contributed by atoms with Crippen LogP contribution >= 0.6 is 0 Å². The molecule has 88 valence electrons. The van der Waals surface area contributed by atoms with Crippen molar-refractivity contribution in [2.45, 2.75) is 6.92 Å². The molecule has 0 radical (unpaired) electrons. The number of rotatable bonds is 2. The first-order chi connectivity index (χ1) is 8.00. The van der Waals surface area contributed by atoms with Gasteiger partial charge in [0.15, 0.2) is 0 Å². The number of carboxylic acids is 1. The Bertz CT molecular complexity index is 592. The Morgan fingerprint density at radius 1 is 1.47 bits per heavy atom. The maximum absolute atomic E-state index is 13.4. The summed E-state index contributed by atoms with van der Waals surface area (Å²) in [5.74, 6) is -2.05. The average molecular weight is 236 g/mol. The zero-order valence-corrected chi connectivity index (χ0v) is 8.90. The van der Waals surface area contributed by atoms with E-state index in [9.17, 15) is 9.18 Å². The Balaban J connectivity index is 2.67. The maximum Gasteiger partial charge on any atom is 0.338 e. The summed E-state index contributed by atoms with van der Waals surface area (Å²) in [6, 6.07) is 2.36. The van der Waals surface area contributed by atoms with Crippen molar-refractivity contribution in [2.75, 3.05) is 5.73 Å². The minimum atomic E-state index is -1.33. The number of aromatic carboxylic acids is 1. The molecule has 0 amide bonds. The van der Waals surface area contributed by atoms with Crippen LogP contribution in [0.3, 0.4) is 0 Å². The van der Waals surface area contributed by atoms with Gasteiger partial charge in [0.1, 0.15) is 5.82 Å². The number of aromatic nitrogens is 1. The van der Waals surface area contributed by atoms with Crippen molar-refractivity contribution in [3.05, 3.63) is 35.3 Å². The molecule has 3 N–H and O–H groups in total. The van der Waals surface area contributed by atoms with Crippen molar-refractivity contribution in [2.24, 2.45) is 0 Å². The Hall–Kier alpha value is -2.37. The average Bonchev–Trinajstić information content (AvgIpc) is 2.64. The highest BCUT2D eigenvalue weighted by molar-refractivity contribution is 5.91. The number of aryl methyl sites for hydroxylation is 1. The van der Waals surface area contributed by atoms with Gasteiger partial charge in [-0.2, -0.15) is 0 Å². The van der Waals surface area contributed by atoms with Gasteiger partial charge in [-0.15, -0.1) is 0 Å². The van der Waals surface area contributed by atoms with Crippen LogP contribution in [0.5, 0.6) is 0 Å². The molecule has 0 atom stereocenters. The fourth-order valence-electron chi connectivity index (χ4n) is 1.58. The summed E-state index contributed by atoms with van der Waals surface area (Å²) < 4.78 is 18.1. The van der Waals surface area contributed by atoms with Gasteiger partial charge in [0.2, 0.25) is 5.88 Å². The number of halogens is 1. The summed E-state index contributed by atoms with van der Waals surface area (Å²) in [6.07, 6.45) is 1.36. The number of carboxylic acid groups (broad SMARTS) is 1. The van der Waals surface area contributed by atoms with Crippen molar-refractivity contribution in [1.29, 1.82) is 0 Å². The van der Waals surface area contributed by atoms with Gasteiger partial charge in [0.05, 0.1) is 17.3 Å². The Morgan fingerprint density at radius 3 is 2.71 bits per heavy atom. The molecular formula is C11H9FN2O3. The normalized spacial score (nSPS) is 10.5. The van der Waals surface area contributed by atoms with Crippen molar-refractivity contribution in [3.63, 3.8) is 0 Å². The summed E-state index contributed by atoms with van der Waals surface area (Å²) in [4.78, 5) is 10.8. The van der Waals surface area contributed by atoms with E-state index in [1.54, 1.807) is 6.92 Å². The van der Waals surface area contributed by atoms with E-state index in [0.29, 0.717) is 16.7 Å².